The third kappa shape index (κ3) is 4.65. The van der Waals surface area contributed by atoms with Crippen LogP contribution in [0.25, 0.3) is 0 Å². The molecule has 0 heterocycles. The van der Waals surface area contributed by atoms with Crippen LogP contribution >= 0.6 is 0 Å². The van der Waals surface area contributed by atoms with E-state index >= 15 is 0 Å². The van der Waals surface area contributed by atoms with Crippen molar-refractivity contribution in [1.29, 1.82) is 0 Å². The van der Waals surface area contributed by atoms with Gasteiger partial charge in [-0.2, -0.15) is 0 Å². The summed E-state index contributed by atoms with van der Waals surface area (Å²) in [6, 6.07) is 16.6. The van der Waals surface area contributed by atoms with Crippen molar-refractivity contribution in [3.63, 3.8) is 0 Å². The smallest absolute Gasteiger partial charge is 0.240 e. The molecule has 0 radical (unpaired) electrons. The van der Waals surface area contributed by atoms with Gasteiger partial charge >= 0.3 is 0 Å². The number of hydrogen-bond donors (Lipinski definition) is 2. The van der Waals surface area contributed by atoms with E-state index in [1.54, 1.807) is 19.2 Å². The number of carbonyl (C=O) groups is 2. The fourth-order valence-electron chi connectivity index (χ4n) is 2.79. The minimum absolute atomic E-state index is 0.224. The molecule has 1 aliphatic rings. The van der Waals surface area contributed by atoms with Crippen LogP contribution in [-0.4, -0.2) is 32.1 Å². The van der Waals surface area contributed by atoms with E-state index in [0.717, 1.165) is 0 Å². The van der Waals surface area contributed by atoms with Crippen molar-refractivity contribution in [3.05, 3.63) is 54.6 Å². The van der Waals surface area contributed by atoms with Crippen molar-refractivity contribution in [3.8, 4) is 11.5 Å². The van der Waals surface area contributed by atoms with Crippen molar-refractivity contribution in [2.45, 2.75) is 19.3 Å². The Morgan fingerprint density at radius 2 is 1.70 bits per heavy atom. The molecule has 1 aliphatic carbocycles. The molecule has 0 aromatic heterocycles. The molecule has 6 heteroatoms. The monoisotopic (exact) mass is 368 g/mol. The van der Waals surface area contributed by atoms with E-state index in [9.17, 15) is 9.59 Å². The van der Waals surface area contributed by atoms with E-state index in [0.29, 0.717) is 49.6 Å². The third-order valence-electron chi connectivity index (χ3n) is 4.54. The number of anilines is 1. The molecular weight excluding hydrogens is 344 g/mol. The lowest BCUT2D eigenvalue weighted by Gasteiger charge is -2.17. The minimum atomic E-state index is -0.979. The number of amides is 2. The van der Waals surface area contributed by atoms with Gasteiger partial charge in [0.15, 0.2) is 5.75 Å². The van der Waals surface area contributed by atoms with Crippen LogP contribution in [0.2, 0.25) is 0 Å². The maximum absolute atomic E-state index is 12.8. The van der Waals surface area contributed by atoms with Crippen LogP contribution in [-0.2, 0) is 14.3 Å². The van der Waals surface area contributed by atoms with Crippen molar-refractivity contribution in [2.24, 2.45) is 5.41 Å². The van der Waals surface area contributed by atoms with Crippen LogP contribution in [0.15, 0.2) is 54.6 Å². The number of hydrogen-bond acceptors (Lipinski definition) is 4. The summed E-state index contributed by atoms with van der Waals surface area (Å²) in [6.45, 7) is 1.07. The van der Waals surface area contributed by atoms with Gasteiger partial charge in [0.25, 0.3) is 0 Å². The Morgan fingerprint density at radius 3 is 2.41 bits per heavy atom. The van der Waals surface area contributed by atoms with Crippen LogP contribution in [0.4, 0.5) is 5.69 Å². The predicted molar refractivity (Wildman–Crippen MR) is 103 cm³/mol. The standard InChI is InChI=1S/C21H24N2O4/c1-26-15-7-14-22-19(24)21(12-13-21)20(25)23-17-10-5-6-11-18(17)27-16-8-3-2-4-9-16/h2-6,8-11H,7,12-15H2,1H3,(H,22,24)(H,23,25). The molecule has 1 fully saturated rings. The van der Waals surface area contributed by atoms with Gasteiger partial charge in [-0.25, -0.2) is 0 Å². The SMILES string of the molecule is COCCCNC(=O)C1(C(=O)Nc2ccccc2Oc2ccccc2)CC1. The molecule has 2 N–H and O–H groups in total. The Kier molecular flexibility index (Phi) is 6.08. The highest BCUT2D eigenvalue weighted by Crippen LogP contribution is 2.47. The van der Waals surface area contributed by atoms with Crippen LogP contribution in [0.5, 0.6) is 11.5 Å². The number of benzene rings is 2. The summed E-state index contributed by atoms with van der Waals surface area (Å²) in [5.41, 5.74) is -0.433. The van der Waals surface area contributed by atoms with Gasteiger partial charge in [-0.1, -0.05) is 30.3 Å². The van der Waals surface area contributed by atoms with Crippen molar-refractivity contribution in [2.75, 3.05) is 25.6 Å². The first-order valence-corrected chi connectivity index (χ1v) is 9.06. The van der Waals surface area contributed by atoms with Crippen LogP contribution in [0.1, 0.15) is 19.3 Å². The quantitative estimate of drug-likeness (QED) is 0.526. The molecule has 1 saturated carbocycles. The van der Waals surface area contributed by atoms with Crippen molar-refractivity contribution in [1.82, 2.24) is 5.32 Å². The molecule has 0 saturated heterocycles. The number of methoxy groups -OCH3 is 1. The van der Waals surface area contributed by atoms with Gasteiger partial charge in [-0.15, -0.1) is 0 Å². The normalized spacial score (nSPS) is 14.3. The number of para-hydroxylation sites is 3. The molecule has 27 heavy (non-hydrogen) atoms. The van der Waals surface area contributed by atoms with E-state index in [4.69, 9.17) is 9.47 Å². The van der Waals surface area contributed by atoms with Gasteiger partial charge in [0.1, 0.15) is 11.2 Å². The molecule has 0 bridgehead atoms. The van der Waals surface area contributed by atoms with Gasteiger partial charge in [-0.3, -0.25) is 9.59 Å². The Morgan fingerprint density at radius 1 is 1.00 bits per heavy atom. The van der Waals surface area contributed by atoms with Gasteiger partial charge in [0, 0.05) is 20.3 Å². The van der Waals surface area contributed by atoms with Crippen molar-refractivity contribution >= 4 is 17.5 Å². The van der Waals surface area contributed by atoms with Gasteiger partial charge in [0.05, 0.1) is 5.69 Å². The maximum Gasteiger partial charge on any atom is 0.240 e. The van der Waals surface area contributed by atoms with Crippen molar-refractivity contribution < 1.29 is 19.1 Å². The van der Waals surface area contributed by atoms with Crippen LogP contribution < -0.4 is 15.4 Å². The minimum Gasteiger partial charge on any atom is -0.455 e. The number of rotatable bonds is 9. The summed E-state index contributed by atoms with van der Waals surface area (Å²) >= 11 is 0. The molecule has 0 spiro atoms. The molecule has 0 unspecified atom stereocenters. The largest absolute Gasteiger partial charge is 0.455 e. The van der Waals surface area contributed by atoms with Gasteiger partial charge < -0.3 is 20.1 Å². The summed E-state index contributed by atoms with van der Waals surface area (Å²) in [4.78, 5) is 25.2. The predicted octanol–water partition coefficient (Wildman–Crippen LogP) is 3.35. The molecule has 142 valence electrons. The average Bonchev–Trinajstić information content (AvgIpc) is 3.50. The fraction of sp³-hybridized carbons (Fsp3) is 0.333. The first-order chi connectivity index (χ1) is 13.2. The highest BCUT2D eigenvalue weighted by Gasteiger charge is 2.56. The summed E-state index contributed by atoms with van der Waals surface area (Å²) < 4.78 is 10.8. The third-order valence-corrected chi connectivity index (χ3v) is 4.54. The van der Waals surface area contributed by atoms with Gasteiger partial charge in [-0.05, 0) is 43.5 Å². The molecule has 2 amide bonds. The molecule has 0 atom stereocenters. The topological polar surface area (TPSA) is 76.7 Å². The zero-order valence-electron chi connectivity index (χ0n) is 15.4. The Labute approximate surface area is 158 Å². The molecule has 0 aliphatic heterocycles. The summed E-state index contributed by atoms with van der Waals surface area (Å²) in [7, 11) is 1.62. The lowest BCUT2D eigenvalue weighted by atomic mass is 10.0. The highest BCUT2D eigenvalue weighted by molar-refractivity contribution is 6.13. The molecule has 2 aromatic carbocycles. The van der Waals surface area contributed by atoms with Crippen LogP contribution in [0, 0.1) is 5.41 Å². The number of ether oxygens (including phenoxy) is 2. The average molecular weight is 368 g/mol. The second kappa shape index (κ2) is 8.68. The van der Waals surface area contributed by atoms with E-state index in [-0.39, 0.29) is 11.8 Å². The lowest BCUT2D eigenvalue weighted by Crippen LogP contribution is -2.40. The molecular formula is C21H24N2O4. The second-order valence-electron chi connectivity index (χ2n) is 6.55. The first kappa shape index (κ1) is 18.9. The molecule has 2 aromatic rings. The number of carbonyl (C=O) groups excluding carboxylic acids is 2. The van der Waals surface area contributed by atoms with E-state index in [1.165, 1.54) is 0 Å². The van der Waals surface area contributed by atoms with E-state index in [1.807, 2.05) is 42.5 Å². The molecule has 3 rings (SSSR count). The number of nitrogens with one attached hydrogen (secondary N) is 2. The zero-order chi connectivity index (χ0) is 19.1. The Bertz CT molecular complexity index is 788. The fourth-order valence-corrected chi connectivity index (χ4v) is 2.79. The van der Waals surface area contributed by atoms with Crippen LogP contribution in [0.3, 0.4) is 0 Å². The Hall–Kier alpha value is -2.86. The second-order valence-corrected chi connectivity index (χ2v) is 6.55. The summed E-state index contributed by atoms with van der Waals surface area (Å²) in [5.74, 6) is 0.693. The first-order valence-electron chi connectivity index (χ1n) is 9.06. The zero-order valence-corrected chi connectivity index (χ0v) is 15.4. The van der Waals surface area contributed by atoms with Gasteiger partial charge in [0.2, 0.25) is 11.8 Å². The maximum atomic E-state index is 12.8. The van der Waals surface area contributed by atoms with E-state index in [2.05, 4.69) is 10.6 Å². The summed E-state index contributed by atoms with van der Waals surface area (Å²) in [6.07, 6.45) is 1.82. The summed E-state index contributed by atoms with van der Waals surface area (Å²) in [5, 5.41) is 5.70. The highest BCUT2D eigenvalue weighted by atomic mass is 16.5. The lowest BCUT2D eigenvalue weighted by molar-refractivity contribution is -0.134. The Balaban J connectivity index is 1.65. The van der Waals surface area contributed by atoms with E-state index < -0.39 is 5.41 Å². The molecule has 6 nitrogen and oxygen atoms in total.